The molecule has 0 saturated carbocycles. The predicted molar refractivity (Wildman–Crippen MR) is 222 cm³/mol. The number of hydrogen-bond donors (Lipinski definition) is 0. The number of fused-ring (bicyclic) bond motifs is 6. The molecule has 10 rings (SSSR count). The van der Waals surface area contributed by atoms with E-state index in [0.29, 0.717) is 0 Å². The summed E-state index contributed by atoms with van der Waals surface area (Å²) in [5.41, 5.74) is 17.0. The average Bonchev–Trinajstić information content (AvgIpc) is 3.71. The standard InChI is InChI=1S/C51H37NO/c1-51(2)46-23-13-12-21-41(46)42-30-29-40(33-47(42)51)52(39-27-25-36(26-28-39)34-15-6-3-7-16-34)48-24-14-22-43-45-32-38(35-17-8-4-9-18-35)31-44(49(45)53-50(43)48)37-19-10-5-11-20-37/h3-33H,1-2H3. The summed E-state index contributed by atoms with van der Waals surface area (Å²) in [5.74, 6) is 0. The van der Waals surface area contributed by atoms with E-state index >= 15 is 0 Å². The monoisotopic (exact) mass is 679 g/mol. The lowest BCUT2D eigenvalue weighted by atomic mass is 9.82. The Morgan fingerprint density at radius 3 is 1.68 bits per heavy atom. The van der Waals surface area contributed by atoms with Gasteiger partial charge in [0.1, 0.15) is 5.58 Å². The van der Waals surface area contributed by atoms with Crippen molar-refractivity contribution in [3.63, 3.8) is 0 Å². The van der Waals surface area contributed by atoms with Crippen molar-refractivity contribution in [3.05, 3.63) is 199 Å². The Kier molecular flexibility index (Phi) is 7.19. The average molecular weight is 680 g/mol. The van der Waals surface area contributed by atoms with Gasteiger partial charge in [-0.2, -0.15) is 0 Å². The number of rotatable bonds is 6. The second kappa shape index (κ2) is 12.3. The summed E-state index contributed by atoms with van der Waals surface area (Å²) in [4.78, 5) is 2.37. The Morgan fingerprint density at radius 2 is 0.962 bits per heavy atom. The third-order valence-electron chi connectivity index (χ3n) is 11.1. The Morgan fingerprint density at radius 1 is 0.377 bits per heavy atom. The van der Waals surface area contributed by atoms with E-state index < -0.39 is 0 Å². The van der Waals surface area contributed by atoms with Crippen molar-refractivity contribution in [2.24, 2.45) is 0 Å². The quantitative estimate of drug-likeness (QED) is 0.174. The summed E-state index contributed by atoms with van der Waals surface area (Å²) in [7, 11) is 0. The number of nitrogens with zero attached hydrogens (tertiary/aromatic N) is 1. The minimum Gasteiger partial charge on any atom is -0.453 e. The molecule has 0 spiro atoms. The lowest BCUT2D eigenvalue weighted by Crippen LogP contribution is -2.16. The number of benzene rings is 8. The van der Waals surface area contributed by atoms with Crippen LogP contribution in [0.3, 0.4) is 0 Å². The van der Waals surface area contributed by atoms with Crippen molar-refractivity contribution >= 4 is 39.0 Å². The predicted octanol–water partition coefficient (Wildman–Crippen LogP) is 14.4. The van der Waals surface area contributed by atoms with Crippen LogP contribution in [0.4, 0.5) is 17.1 Å². The molecule has 1 aliphatic rings. The van der Waals surface area contributed by atoms with Crippen LogP contribution in [-0.2, 0) is 5.41 Å². The molecule has 1 heterocycles. The van der Waals surface area contributed by atoms with Gasteiger partial charge >= 0.3 is 0 Å². The molecule has 0 fully saturated rings. The van der Waals surface area contributed by atoms with Crippen LogP contribution in [0.1, 0.15) is 25.0 Å². The van der Waals surface area contributed by atoms with Crippen molar-refractivity contribution in [2.75, 3.05) is 4.90 Å². The van der Waals surface area contributed by atoms with Gasteiger partial charge in [-0.3, -0.25) is 0 Å². The maximum absolute atomic E-state index is 7.12. The first kappa shape index (κ1) is 31.1. The van der Waals surface area contributed by atoms with E-state index in [4.69, 9.17) is 4.42 Å². The van der Waals surface area contributed by atoms with Crippen LogP contribution in [0.15, 0.2) is 192 Å². The van der Waals surface area contributed by atoms with Gasteiger partial charge in [0.05, 0.1) is 5.69 Å². The molecule has 1 aromatic heterocycles. The zero-order valence-corrected chi connectivity index (χ0v) is 29.8. The van der Waals surface area contributed by atoms with E-state index in [-0.39, 0.29) is 5.41 Å². The molecule has 2 heteroatoms. The number of hydrogen-bond acceptors (Lipinski definition) is 2. The van der Waals surface area contributed by atoms with Gasteiger partial charge in [0.2, 0.25) is 0 Å². The SMILES string of the molecule is CC1(C)c2ccccc2-c2ccc(N(c3ccc(-c4ccccc4)cc3)c3cccc4c3oc3c(-c5ccccc5)cc(-c5ccccc5)cc34)cc21. The molecule has 1 aliphatic carbocycles. The fourth-order valence-electron chi connectivity index (χ4n) is 8.38. The molecule has 0 saturated heterocycles. The zero-order chi connectivity index (χ0) is 35.5. The highest BCUT2D eigenvalue weighted by Gasteiger charge is 2.36. The van der Waals surface area contributed by atoms with Crippen molar-refractivity contribution in [3.8, 4) is 44.5 Å². The van der Waals surface area contributed by atoms with E-state index in [1.54, 1.807) is 0 Å². The van der Waals surface area contributed by atoms with E-state index in [2.05, 4.69) is 207 Å². The highest BCUT2D eigenvalue weighted by molar-refractivity contribution is 6.15. The molecule has 252 valence electrons. The molecule has 0 N–H and O–H groups in total. The summed E-state index contributed by atoms with van der Waals surface area (Å²) < 4.78 is 7.12. The molecule has 0 aliphatic heterocycles. The minimum absolute atomic E-state index is 0.130. The van der Waals surface area contributed by atoms with Crippen LogP contribution in [0.5, 0.6) is 0 Å². The van der Waals surface area contributed by atoms with Gasteiger partial charge in [-0.1, -0.05) is 159 Å². The Hall–Kier alpha value is -6.64. The highest BCUT2D eigenvalue weighted by atomic mass is 16.3. The van der Waals surface area contributed by atoms with Gasteiger partial charge in [0, 0.05) is 33.1 Å². The van der Waals surface area contributed by atoms with Crippen molar-refractivity contribution < 1.29 is 4.42 Å². The van der Waals surface area contributed by atoms with Gasteiger partial charge in [0.15, 0.2) is 5.58 Å². The summed E-state index contributed by atoms with van der Waals surface area (Å²) in [6.45, 7) is 4.69. The number of anilines is 3. The van der Waals surface area contributed by atoms with E-state index in [0.717, 1.165) is 50.1 Å². The van der Waals surface area contributed by atoms with Crippen LogP contribution in [-0.4, -0.2) is 0 Å². The largest absolute Gasteiger partial charge is 0.453 e. The number of furan rings is 1. The van der Waals surface area contributed by atoms with Gasteiger partial charge < -0.3 is 9.32 Å². The van der Waals surface area contributed by atoms with Crippen molar-refractivity contribution in [2.45, 2.75) is 19.3 Å². The molecule has 0 unspecified atom stereocenters. The van der Waals surface area contributed by atoms with Crippen LogP contribution in [0.2, 0.25) is 0 Å². The summed E-state index contributed by atoms with van der Waals surface area (Å²) >= 11 is 0. The van der Waals surface area contributed by atoms with Crippen LogP contribution in [0, 0.1) is 0 Å². The van der Waals surface area contributed by atoms with Crippen LogP contribution >= 0.6 is 0 Å². The molecule has 0 bridgehead atoms. The molecule has 8 aromatic carbocycles. The van der Waals surface area contributed by atoms with Crippen molar-refractivity contribution in [1.29, 1.82) is 0 Å². The Labute approximate surface area is 310 Å². The molecule has 0 radical (unpaired) electrons. The summed E-state index contributed by atoms with van der Waals surface area (Å²) in [6.07, 6.45) is 0. The highest BCUT2D eigenvalue weighted by Crippen LogP contribution is 2.52. The summed E-state index contributed by atoms with van der Waals surface area (Å²) in [6, 6.07) is 67.7. The van der Waals surface area contributed by atoms with E-state index in [9.17, 15) is 0 Å². The first-order valence-electron chi connectivity index (χ1n) is 18.3. The molecule has 0 amide bonds. The third kappa shape index (κ3) is 5.10. The maximum Gasteiger partial charge on any atom is 0.159 e. The first-order valence-corrected chi connectivity index (χ1v) is 18.3. The van der Waals surface area contributed by atoms with E-state index in [1.165, 1.54) is 44.5 Å². The molecule has 53 heavy (non-hydrogen) atoms. The van der Waals surface area contributed by atoms with Crippen LogP contribution < -0.4 is 4.90 Å². The minimum atomic E-state index is -0.130. The second-order valence-electron chi connectivity index (χ2n) is 14.5. The smallest absolute Gasteiger partial charge is 0.159 e. The maximum atomic E-state index is 7.12. The van der Waals surface area contributed by atoms with Gasteiger partial charge in [-0.05, 0) is 92.5 Å². The molecule has 0 atom stereocenters. The fraction of sp³-hybridized carbons (Fsp3) is 0.0588. The second-order valence-corrected chi connectivity index (χ2v) is 14.5. The zero-order valence-electron chi connectivity index (χ0n) is 29.8. The normalized spacial score (nSPS) is 12.9. The van der Waals surface area contributed by atoms with Crippen LogP contribution in [0.25, 0.3) is 66.4 Å². The molecular formula is C51H37NO. The van der Waals surface area contributed by atoms with Crippen molar-refractivity contribution in [1.82, 2.24) is 0 Å². The third-order valence-corrected chi connectivity index (χ3v) is 11.1. The number of para-hydroxylation sites is 1. The molecular weight excluding hydrogens is 643 g/mol. The van der Waals surface area contributed by atoms with Gasteiger partial charge in [-0.15, -0.1) is 0 Å². The molecule has 2 nitrogen and oxygen atoms in total. The van der Waals surface area contributed by atoms with Gasteiger partial charge in [-0.25, -0.2) is 0 Å². The Balaban J connectivity index is 1.21. The summed E-state index contributed by atoms with van der Waals surface area (Å²) in [5, 5.41) is 2.19. The topological polar surface area (TPSA) is 16.4 Å². The first-order chi connectivity index (χ1) is 26.0. The lowest BCUT2D eigenvalue weighted by Gasteiger charge is -2.28. The van der Waals surface area contributed by atoms with Gasteiger partial charge in [0.25, 0.3) is 0 Å². The fourth-order valence-corrected chi connectivity index (χ4v) is 8.38. The van der Waals surface area contributed by atoms with E-state index in [1.807, 2.05) is 0 Å². The molecule has 9 aromatic rings. The Bertz CT molecular complexity index is 2780. The lowest BCUT2D eigenvalue weighted by molar-refractivity contribution is 0.660.